The largest absolute Gasteiger partial charge is 0.316 e. The minimum Gasteiger partial charge on any atom is -0.316 e. The van der Waals surface area contributed by atoms with Crippen molar-refractivity contribution in [1.29, 1.82) is 0 Å². The van der Waals surface area contributed by atoms with Crippen molar-refractivity contribution < 1.29 is 0 Å². The lowest BCUT2D eigenvalue weighted by Gasteiger charge is -2.22. The Morgan fingerprint density at radius 2 is 2.38 bits per heavy atom. The minimum absolute atomic E-state index is 0.163. The first-order valence-electron chi connectivity index (χ1n) is 5.06. The van der Waals surface area contributed by atoms with Crippen molar-refractivity contribution in [2.45, 2.75) is 45.7 Å². The summed E-state index contributed by atoms with van der Waals surface area (Å²) in [7, 11) is 0. The van der Waals surface area contributed by atoms with Crippen molar-refractivity contribution in [3.05, 3.63) is 17.2 Å². The quantitative estimate of drug-likeness (QED) is 0.710. The van der Waals surface area contributed by atoms with Gasteiger partial charge in [-0.15, -0.1) is 0 Å². The number of aryl methyl sites for hydroxylation is 2. The molecule has 0 aromatic carbocycles. The average Bonchev–Trinajstić information content (AvgIpc) is 2.44. The van der Waals surface area contributed by atoms with E-state index in [9.17, 15) is 0 Å². The van der Waals surface area contributed by atoms with Gasteiger partial charge in [-0.05, 0) is 26.2 Å². The first kappa shape index (κ1) is 8.75. The second kappa shape index (κ2) is 3.14. The molecule has 1 unspecified atom stereocenters. The van der Waals surface area contributed by atoms with Crippen LogP contribution in [-0.2, 0) is 12.8 Å². The first-order valence-corrected chi connectivity index (χ1v) is 5.06. The van der Waals surface area contributed by atoms with Gasteiger partial charge in [0.15, 0.2) is 0 Å². The maximum Gasteiger partial charge on any atom is 0.110 e. The van der Waals surface area contributed by atoms with E-state index in [1.807, 2.05) is 0 Å². The molecule has 1 aromatic rings. The van der Waals surface area contributed by atoms with Gasteiger partial charge in [-0.1, -0.05) is 6.92 Å². The Kier molecular flexibility index (Phi) is 2.12. The number of nitrogens with two attached hydrogens (primary N) is 1. The Morgan fingerprint density at radius 3 is 3.00 bits per heavy atom. The van der Waals surface area contributed by atoms with Crippen LogP contribution in [0.1, 0.15) is 43.1 Å². The molecule has 0 aliphatic carbocycles. The number of nitrogens with zero attached hydrogens (tertiary/aromatic N) is 2. The number of rotatable bonds is 1. The van der Waals surface area contributed by atoms with Crippen LogP contribution < -0.4 is 5.73 Å². The second-order valence-electron chi connectivity index (χ2n) is 3.74. The second-order valence-corrected chi connectivity index (χ2v) is 3.74. The molecule has 2 heterocycles. The summed E-state index contributed by atoms with van der Waals surface area (Å²) in [6.07, 6.45) is 4.54. The summed E-state index contributed by atoms with van der Waals surface area (Å²) in [5.41, 5.74) is 8.52. The molecular formula is C10H17N3. The molecular weight excluding hydrogens is 162 g/mol. The van der Waals surface area contributed by atoms with Crippen molar-refractivity contribution in [2.75, 3.05) is 0 Å². The summed E-state index contributed by atoms with van der Waals surface area (Å²) in [6.45, 7) is 4.27. The predicted molar refractivity (Wildman–Crippen MR) is 52.5 cm³/mol. The smallest absolute Gasteiger partial charge is 0.110 e. The minimum atomic E-state index is 0.163. The molecule has 2 N–H and O–H groups in total. The van der Waals surface area contributed by atoms with Crippen LogP contribution in [0.5, 0.6) is 0 Å². The van der Waals surface area contributed by atoms with E-state index in [0.29, 0.717) is 0 Å². The molecule has 13 heavy (non-hydrogen) atoms. The summed E-state index contributed by atoms with van der Waals surface area (Å²) in [5, 5.41) is 0. The zero-order chi connectivity index (χ0) is 9.42. The van der Waals surface area contributed by atoms with Crippen molar-refractivity contribution >= 4 is 0 Å². The molecule has 2 rings (SSSR count). The van der Waals surface area contributed by atoms with Gasteiger partial charge in [0.25, 0.3) is 0 Å². The van der Waals surface area contributed by atoms with Gasteiger partial charge in [0.1, 0.15) is 5.82 Å². The maximum absolute atomic E-state index is 6.04. The van der Waals surface area contributed by atoms with Crippen LogP contribution in [0.4, 0.5) is 0 Å². The average molecular weight is 179 g/mol. The maximum atomic E-state index is 6.04. The first-order chi connectivity index (χ1) is 6.24. The Morgan fingerprint density at radius 1 is 1.62 bits per heavy atom. The fourth-order valence-corrected chi connectivity index (χ4v) is 2.17. The lowest BCUT2D eigenvalue weighted by Crippen LogP contribution is -2.25. The van der Waals surface area contributed by atoms with Gasteiger partial charge in [-0.25, -0.2) is 4.98 Å². The van der Waals surface area contributed by atoms with E-state index in [-0.39, 0.29) is 6.17 Å². The number of imidazole rings is 1. The fraction of sp³-hybridized carbons (Fsp3) is 0.700. The van der Waals surface area contributed by atoms with E-state index in [4.69, 9.17) is 5.73 Å². The van der Waals surface area contributed by atoms with Crippen LogP contribution in [0.2, 0.25) is 0 Å². The highest BCUT2D eigenvalue weighted by Gasteiger charge is 2.20. The number of fused-ring (bicyclic) bond motifs is 1. The summed E-state index contributed by atoms with van der Waals surface area (Å²) in [6, 6.07) is 0. The van der Waals surface area contributed by atoms with E-state index in [2.05, 4.69) is 23.4 Å². The molecule has 0 saturated heterocycles. The molecule has 3 nitrogen and oxygen atoms in total. The molecule has 0 bridgehead atoms. The standard InChI is InChI=1S/C10H17N3/c1-3-8-7(2)13-9(11)5-4-6-10(13)12-8/h9H,3-6,11H2,1-2H3. The highest BCUT2D eigenvalue weighted by Crippen LogP contribution is 2.24. The molecule has 0 fully saturated rings. The van der Waals surface area contributed by atoms with E-state index in [0.717, 1.165) is 19.3 Å². The van der Waals surface area contributed by atoms with Crippen molar-refractivity contribution in [3.63, 3.8) is 0 Å². The van der Waals surface area contributed by atoms with Gasteiger partial charge in [-0.3, -0.25) is 0 Å². The summed E-state index contributed by atoms with van der Waals surface area (Å²) in [5.74, 6) is 1.19. The van der Waals surface area contributed by atoms with E-state index in [1.54, 1.807) is 0 Å². The van der Waals surface area contributed by atoms with Crippen molar-refractivity contribution in [2.24, 2.45) is 5.73 Å². The topological polar surface area (TPSA) is 43.8 Å². The van der Waals surface area contributed by atoms with Gasteiger partial charge < -0.3 is 10.3 Å². The lowest BCUT2D eigenvalue weighted by atomic mass is 10.1. The normalized spacial score (nSPS) is 21.6. The molecule has 0 spiro atoms. The highest BCUT2D eigenvalue weighted by molar-refractivity contribution is 5.18. The molecule has 0 amide bonds. The van der Waals surface area contributed by atoms with E-state index < -0.39 is 0 Å². The molecule has 1 atom stereocenters. The Labute approximate surface area is 79.0 Å². The number of hydrogen-bond acceptors (Lipinski definition) is 2. The number of aromatic nitrogens is 2. The van der Waals surface area contributed by atoms with Crippen LogP contribution in [0.15, 0.2) is 0 Å². The van der Waals surface area contributed by atoms with Crippen LogP contribution in [0.25, 0.3) is 0 Å². The predicted octanol–water partition coefficient (Wildman–Crippen LogP) is 1.55. The van der Waals surface area contributed by atoms with Gasteiger partial charge in [0, 0.05) is 12.1 Å². The molecule has 3 heteroatoms. The van der Waals surface area contributed by atoms with Crippen LogP contribution in [0, 0.1) is 6.92 Å². The van der Waals surface area contributed by atoms with Gasteiger partial charge in [-0.2, -0.15) is 0 Å². The lowest BCUT2D eigenvalue weighted by molar-refractivity contribution is 0.402. The zero-order valence-corrected chi connectivity index (χ0v) is 8.38. The van der Waals surface area contributed by atoms with Crippen LogP contribution >= 0.6 is 0 Å². The third kappa shape index (κ3) is 1.27. The Balaban J connectivity index is 2.49. The number of hydrogen-bond donors (Lipinski definition) is 1. The van der Waals surface area contributed by atoms with Gasteiger partial charge in [0.2, 0.25) is 0 Å². The molecule has 0 saturated carbocycles. The van der Waals surface area contributed by atoms with Gasteiger partial charge >= 0.3 is 0 Å². The molecule has 1 aliphatic rings. The zero-order valence-electron chi connectivity index (χ0n) is 8.38. The SMILES string of the molecule is CCc1nc2n(c1C)C(N)CCC2. The summed E-state index contributed by atoms with van der Waals surface area (Å²) >= 11 is 0. The molecule has 72 valence electrons. The summed E-state index contributed by atoms with van der Waals surface area (Å²) < 4.78 is 2.21. The molecule has 0 radical (unpaired) electrons. The van der Waals surface area contributed by atoms with E-state index >= 15 is 0 Å². The Bertz CT molecular complexity index is 314. The third-order valence-electron chi connectivity index (χ3n) is 2.89. The van der Waals surface area contributed by atoms with E-state index in [1.165, 1.54) is 23.6 Å². The van der Waals surface area contributed by atoms with Crippen molar-refractivity contribution in [1.82, 2.24) is 9.55 Å². The van der Waals surface area contributed by atoms with Crippen LogP contribution in [0.3, 0.4) is 0 Å². The third-order valence-corrected chi connectivity index (χ3v) is 2.89. The fourth-order valence-electron chi connectivity index (χ4n) is 2.17. The highest BCUT2D eigenvalue weighted by atomic mass is 15.2. The summed E-state index contributed by atoms with van der Waals surface area (Å²) in [4.78, 5) is 4.60. The van der Waals surface area contributed by atoms with Crippen LogP contribution in [-0.4, -0.2) is 9.55 Å². The monoisotopic (exact) mass is 179 g/mol. The van der Waals surface area contributed by atoms with Gasteiger partial charge in [0.05, 0.1) is 11.9 Å². The molecule has 1 aliphatic heterocycles. The Hall–Kier alpha value is -0.830. The van der Waals surface area contributed by atoms with Crippen molar-refractivity contribution in [3.8, 4) is 0 Å². The molecule has 1 aromatic heterocycles.